The van der Waals surface area contributed by atoms with E-state index in [9.17, 15) is 9.59 Å². The van der Waals surface area contributed by atoms with E-state index in [-0.39, 0.29) is 11.3 Å². The van der Waals surface area contributed by atoms with Crippen molar-refractivity contribution in [2.24, 2.45) is 0 Å². The average Bonchev–Trinajstić information content (AvgIpc) is 3.30. The lowest BCUT2D eigenvalue weighted by atomic mass is 10.2. The summed E-state index contributed by atoms with van der Waals surface area (Å²) >= 11 is 7.41. The van der Waals surface area contributed by atoms with Gasteiger partial charge in [-0.1, -0.05) is 29.8 Å². The van der Waals surface area contributed by atoms with Crippen molar-refractivity contribution in [3.05, 3.63) is 102 Å². The van der Waals surface area contributed by atoms with Crippen LogP contribution in [0.15, 0.2) is 66.0 Å². The summed E-state index contributed by atoms with van der Waals surface area (Å²) in [4.78, 5) is 31.1. The second-order valence-corrected chi connectivity index (χ2v) is 7.73. The fourth-order valence-corrected chi connectivity index (χ4v) is 3.82. The topological polar surface area (TPSA) is 80.6 Å². The van der Waals surface area contributed by atoms with E-state index in [4.69, 9.17) is 11.6 Å². The summed E-state index contributed by atoms with van der Waals surface area (Å²) < 4.78 is 2.75. The normalized spacial score (nSPS) is 12.4. The second-order valence-electron chi connectivity index (χ2n) is 6.24. The predicted molar refractivity (Wildman–Crippen MR) is 114 cm³/mol. The standard InChI is InChI=1S/C21H15ClN4O2S/c22-17-4-2-1-3-16(17)13-26-12-14(11-24-26)9-19-21(28)25-20(29-19)10-18(27)15-5-7-23-8-6-15/h1-12H,13H2,(H,25,28)/b19-9+,20-10-. The van der Waals surface area contributed by atoms with Gasteiger partial charge >= 0.3 is 0 Å². The first-order valence-corrected chi connectivity index (χ1v) is 9.91. The van der Waals surface area contributed by atoms with E-state index in [1.807, 2.05) is 30.5 Å². The number of rotatable bonds is 5. The fourth-order valence-electron chi connectivity index (χ4n) is 2.74. The maximum Gasteiger partial charge on any atom is 0.266 e. The molecule has 144 valence electrons. The van der Waals surface area contributed by atoms with Crippen LogP contribution in [-0.4, -0.2) is 25.5 Å². The number of Topliss-reactive ketones (excluding diaryl/α,β-unsaturated/α-hetero) is 1. The van der Waals surface area contributed by atoms with Crippen LogP contribution in [0.3, 0.4) is 0 Å². The number of aromatic nitrogens is 4. The van der Waals surface area contributed by atoms with Gasteiger partial charge in [-0.3, -0.25) is 19.3 Å². The largest absolute Gasteiger partial charge is 0.313 e. The number of pyridine rings is 1. The van der Waals surface area contributed by atoms with Gasteiger partial charge in [0.05, 0.1) is 21.9 Å². The van der Waals surface area contributed by atoms with Crippen LogP contribution in [0.5, 0.6) is 0 Å². The number of carbonyl (C=O) groups is 1. The van der Waals surface area contributed by atoms with E-state index in [1.165, 1.54) is 17.4 Å². The number of aromatic amines is 1. The van der Waals surface area contributed by atoms with Gasteiger partial charge in [0, 0.05) is 40.8 Å². The molecule has 0 atom stereocenters. The molecule has 1 aromatic carbocycles. The van der Waals surface area contributed by atoms with Crippen LogP contribution in [-0.2, 0) is 6.54 Å². The number of benzene rings is 1. The van der Waals surface area contributed by atoms with Crippen LogP contribution in [0.25, 0.3) is 12.2 Å². The van der Waals surface area contributed by atoms with E-state index in [0.717, 1.165) is 11.1 Å². The molecule has 0 radical (unpaired) electrons. The summed E-state index contributed by atoms with van der Waals surface area (Å²) in [5.41, 5.74) is 2.02. The number of halogens is 1. The van der Waals surface area contributed by atoms with Gasteiger partial charge in [-0.25, -0.2) is 0 Å². The van der Waals surface area contributed by atoms with Crippen molar-refractivity contribution in [2.75, 3.05) is 0 Å². The van der Waals surface area contributed by atoms with Crippen LogP contribution in [0.4, 0.5) is 0 Å². The first-order valence-electron chi connectivity index (χ1n) is 8.71. The number of carbonyl (C=O) groups excluding carboxylic acids is 1. The van der Waals surface area contributed by atoms with Gasteiger partial charge in [-0.05, 0) is 29.8 Å². The Morgan fingerprint density at radius 1 is 1.21 bits per heavy atom. The molecule has 8 heteroatoms. The van der Waals surface area contributed by atoms with Crippen LogP contribution in [0.1, 0.15) is 21.5 Å². The molecule has 4 aromatic rings. The zero-order valence-corrected chi connectivity index (χ0v) is 16.7. The van der Waals surface area contributed by atoms with Gasteiger partial charge in [0.2, 0.25) is 0 Å². The molecule has 0 bridgehead atoms. The number of H-pyrrole nitrogens is 1. The molecule has 0 spiro atoms. The van der Waals surface area contributed by atoms with Gasteiger partial charge in [0.15, 0.2) is 5.78 Å². The second kappa shape index (κ2) is 8.38. The highest BCUT2D eigenvalue weighted by Crippen LogP contribution is 2.16. The number of hydrogen-bond donors (Lipinski definition) is 1. The minimum Gasteiger partial charge on any atom is -0.313 e. The lowest BCUT2D eigenvalue weighted by Gasteiger charge is -2.03. The first-order chi connectivity index (χ1) is 14.1. The molecule has 0 unspecified atom stereocenters. The van der Waals surface area contributed by atoms with Crippen LogP contribution in [0.2, 0.25) is 5.02 Å². The highest BCUT2D eigenvalue weighted by molar-refractivity contribution is 7.07. The molecule has 0 saturated heterocycles. The SMILES string of the molecule is O=C(/C=c1/[nH]c(=O)/c(=C\c2cnn(Cc3ccccc3Cl)c2)s1)c1ccncc1. The third kappa shape index (κ3) is 4.59. The number of hydrogen-bond acceptors (Lipinski definition) is 5. The Kier molecular flexibility index (Phi) is 5.50. The lowest BCUT2D eigenvalue weighted by Crippen LogP contribution is -2.19. The fraction of sp³-hybridized carbons (Fsp3) is 0.0476. The molecule has 6 nitrogen and oxygen atoms in total. The lowest BCUT2D eigenvalue weighted by molar-refractivity contribution is 0.106. The van der Waals surface area contributed by atoms with Crippen molar-refractivity contribution in [3.63, 3.8) is 0 Å². The summed E-state index contributed by atoms with van der Waals surface area (Å²) in [5.74, 6) is -0.191. The molecule has 4 rings (SSSR count). The summed E-state index contributed by atoms with van der Waals surface area (Å²) in [7, 11) is 0. The zero-order valence-electron chi connectivity index (χ0n) is 15.1. The highest BCUT2D eigenvalue weighted by Gasteiger charge is 2.04. The maximum atomic E-state index is 12.3. The Hall–Kier alpha value is -3.29. The molecular formula is C21H15ClN4O2S. The molecule has 0 saturated carbocycles. The molecule has 0 aliphatic carbocycles. The Morgan fingerprint density at radius 3 is 2.79 bits per heavy atom. The predicted octanol–water partition coefficient (Wildman–Crippen LogP) is 2.22. The summed E-state index contributed by atoms with van der Waals surface area (Å²) in [6, 6.07) is 10.8. The number of nitrogens with zero attached hydrogens (tertiary/aromatic N) is 3. The molecule has 1 N–H and O–H groups in total. The zero-order chi connectivity index (χ0) is 20.2. The summed E-state index contributed by atoms with van der Waals surface area (Å²) in [5, 5.41) is 5.01. The average molecular weight is 423 g/mol. The molecule has 3 heterocycles. The quantitative estimate of drug-likeness (QED) is 0.500. The van der Waals surface area contributed by atoms with Gasteiger partial charge in [0.1, 0.15) is 0 Å². The minimum absolute atomic E-state index is 0.191. The van der Waals surface area contributed by atoms with Gasteiger partial charge in [-0.15, -0.1) is 11.3 Å². The van der Waals surface area contributed by atoms with E-state index in [2.05, 4.69) is 15.1 Å². The molecule has 3 aromatic heterocycles. The van der Waals surface area contributed by atoms with Crippen LogP contribution < -0.4 is 14.8 Å². The van der Waals surface area contributed by atoms with Crippen molar-refractivity contribution < 1.29 is 4.79 Å². The first kappa shape index (κ1) is 19.0. The summed E-state index contributed by atoms with van der Waals surface area (Å²) in [6.07, 6.45) is 9.79. The molecule has 0 aliphatic rings. The third-order valence-electron chi connectivity index (χ3n) is 4.15. The Bertz CT molecular complexity index is 1340. The number of thiazole rings is 1. The van der Waals surface area contributed by atoms with Gasteiger partial charge in [0.25, 0.3) is 5.56 Å². The van der Waals surface area contributed by atoms with Crippen molar-refractivity contribution in [3.8, 4) is 0 Å². The number of nitrogens with one attached hydrogen (secondary N) is 1. The van der Waals surface area contributed by atoms with Crippen molar-refractivity contribution in [2.45, 2.75) is 6.54 Å². The van der Waals surface area contributed by atoms with Crippen molar-refractivity contribution >= 4 is 40.9 Å². The Morgan fingerprint density at radius 2 is 2.00 bits per heavy atom. The van der Waals surface area contributed by atoms with E-state index >= 15 is 0 Å². The molecular weight excluding hydrogens is 408 g/mol. The number of ketones is 1. The van der Waals surface area contributed by atoms with E-state index in [1.54, 1.807) is 41.5 Å². The van der Waals surface area contributed by atoms with Gasteiger partial charge < -0.3 is 4.98 Å². The Labute approximate surface area is 174 Å². The molecule has 0 aliphatic heterocycles. The molecule has 0 fully saturated rings. The molecule has 29 heavy (non-hydrogen) atoms. The smallest absolute Gasteiger partial charge is 0.266 e. The minimum atomic E-state index is -0.248. The van der Waals surface area contributed by atoms with E-state index < -0.39 is 0 Å². The van der Waals surface area contributed by atoms with E-state index in [0.29, 0.717) is 26.3 Å². The van der Waals surface area contributed by atoms with Gasteiger partial charge in [-0.2, -0.15) is 5.10 Å². The monoisotopic (exact) mass is 422 g/mol. The van der Waals surface area contributed by atoms with Crippen LogP contribution >= 0.6 is 22.9 Å². The Balaban J connectivity index is 1.59. The maximum absolute atomic E-state index is 12.3. The third-order valence-corrected chi connectivity index (χ3v) is 5.48. The van der Waals surface area contributed by atoms with Crippen molar-refractivity contribution in [1.29, 1.82) is 0 Å². The van der Waals surface area contributed by atoms with Crippen LogP contribution in [0, 0.1) is 0 Å². The molecule has 0 amide bonds. The summed E-state index contributed by atoms with van der Waals surface area (Å²) in [6.45, 7) is 0.535. The van der Waals surface area contributed by atoms with Crippen molar-refractivity contribution in [1.82, 2.24) is 19.7 Å². The highest BCUT2D eigenvalue weighted by atomic mass is 35.5.